The lowest BCUT2D eigenvalue weighted by Crippen LogP contribution is -2.42. The van der Waals surface area contributed by atoms with Gasteiger partial charge in [0.2, 0.25) is 0 Å². The molecule has 2 saturated heterocycles. The van der Waals surface area contributed by atoms with E-state index in [1.54, 1.807) is 36.2 Å². The van der Waals surface area contributed by atoms with Crippen molar-refractivity contribution in [3.63, 3.8) is 0 Å². The van der Waals surface area contributed by atoms with Crippen LogP contribution in [0.2, 0.25) is 0 Å². The van der Waals surface area contributed by atoms with Gasteiger partial charge in [0.1, 0.15) is 12.1 Å². The van der Waals surface area contributed by atoms with Crippen LogP contribution in [0.1, 0.15) is 71.4 Å². The Hall–Kier alpha value is -3.39. The number of likely N-dealkylation sites (N-methyl/N-ethyl adjacent to an activating group) is 1. The first kappa shape index (κ1) is 30.2. The Morgan fingerprint density at radius 3 is 2.44 bits per heavy atom. The number of hydrazone groups is 1. The first-order chi connectivity index (χ1) is 18.9. The molecule has 3 aliphatic rings. The van der Waals surface area contributed by atoms with Crippen molar-refractivity contribution in [1.29, 1.82) is 0 Å². The monoisotopic (exact) mass is 536 g/mol. The molecule has 2 aromatic carbocycles. The van der Waals surface area contributed by atoms with Gasteiger partial charge >= 0.3 is 0 Å². The zero-order valence-electron chi connectivity index (χ0n) is 23.5. The Balaban J connectivity index is 0.000000530. The van der Waals surface area contributed by atoms with Crippen LogP contribution in [0.5, 0.6) is 0 Å². The van der Waals surface area contributed by atoms with Crippen LogP contribution in [-0.2, 0) is 11.2 Å². The minimum atomic E-state index is -0.512. The second kappa shape index (κ2) is 14.7. The summed E-state index contributed by atoms with van der Waals surface area (Å²) in [5, 5.41) is 4.34. The average Bonchev–Trinajstić information content (AvgIpc) is 3.71. The molecule has 1 saturated carbocycles. The number of likely N-dealkylation sites (tertiary alicyclic amines) is 2. The number of piperidine rings is 1. The summed E-state index contributed by atoms with van der Waals surface area (Å²) in [6.45, 7) is 6.36. The van der Waals surface area contributed by atoms with E-state index >= 15 is 0 Å². The average molecular weight is 537 g/mol. The van der Waals surface area contributed by atoms with Gasteiger partial charge in [0, 0.05) is 49.6 Å². The Bertz CT molecular complexity index is 1160. The summed E-state index contributed by atoms with van der Waals surface area (Å²) >= 11 is 0. The molecule has 210 valence electrons. The maximum absolute atomic E-state index is 14.7. The predicted octanol–water partition coefficient (Wildman–Crippen LogP) is 4.59. The number of rotatable bonds is 7. The maximum Gasteiger partial charge on any atom is 0.256 e. The van der Waals surface area contributed by atoms with Crippen molar-refractivity contribution in [3.05, 3.63) is 70.5 Å². The molecule has 1 N–H and O–H groups in total. The van der Waals surface area contributed by atoms with Gasteiger partial charge in [-0.05, 0) is 62.9 Å². The Morgan fingerprint density at radius 2 is 1.82 bits per heavy atom. The van der Waals surface area contributed by atoms with Gasteiger partial charge in [0.05, 0.1) is 11.3 Å². The van der Waals surface area contributed by atoms with Gasteiger partial charge in [-0.1, -0.05) is 44.2 Å². The minimum Gasteiger partial charge on any atom is -0.337 e. The second-order valence-corrected chi connectivity index (χ2v) is 10.1. The number of benzene rings is 2. The summed E-state index contributed by atoms with van der Waals surface area (Å²) in [4.78, 5) is 38.4. The summed E-state index contributed by atoms with van der Waals surface area (Å²) < 4.78 is 14.7. The summed E-state index contributed by atoms with van der Waals surface area (Å²) in [5.41, 5.74) is 5.53. The fourth-order valence-corrected chi connectivity index (χ4v) is 5.21. The van der Waals surface area contributed by atoms with Crippen LogP contribution >= 0.6 is 0 Å². The van der Waals surface area contributed by atoms with Gasteiger partial charge in [0.15, 0.2) is 6.29 Å². The third kappa shape index (κ3) is 7.82. The van der Waals surface area contributed by atoms with Crippen LogP contribution in [0.3, 0.4) is 0 Å². The van der Waals surface area contributed by atoms with Gasteiger partial charge in [0.25, 0.3) is 5.91 Å². The van der Waals surface area contributed by atoms with Crippen LogP contribution in [0.4, 0.5) is 4.39 Å². The lowest BCUT2D eigenvalue weighted by Gasteiger charge is -2.33. The molecule has 5 rings (SSSR count). The van der Waals surface area contributed by atoms with Crippen LogP contribution in [0.25, 0.3) is 0 Å². The highest BCUT2D eigenvalue weighted by atomic mass is 19.1. The highest BCUT2D eigenvalue weighted by Crippen LogP contribution is 2.31. The molecule has 2 aliphatic heterocycles. The Kier molecular flexibility index (Phi) is 11.3. The number of hydrogen-bond donors (Lipinski definition) is 1. The summed E-state index contributed by atoms with van der Waals surface area (Å²) in [6.07, 6.45) is 6.72. The van der Waals surface area contributed by atoms with Crippen LogP contribution < -0.4 is 5.43 Å². The van der Waals surface area contributed by atoms with Crippen molar-refractivity contribution < 1.29 is 18.8 Å². The van der Waals surface area contributed by atoms with Gasteiger partial charge < -0.3 is 20.0 Å². The van der Waals surface area contributed by atoms with E-state index in [0.717, 1.165) is 50.4 Å². The van der Waals surface area contributed by atoms with Crippen molar-refractivity contribution in [1.82, 2.24) is 15.2 Å². The number of hydrogen-bond acceptors (Lipinski definition) is 6. The van der Waals surface area contributed by atoms with Crippen molar-refractivity contribution in [3.8, 4) is 0 Å². The Morgan fingerprint density at radius 1 is 1.08 bits per heavy atom. The van der Waals surface area contributed by atoms with E-state index in [2.05, 4.69) is 22.5 Å². The van der Waals surface area contributed by atoms with E-state index in [-0.39, 0.29) is 11.5 Å². The molecule has 0 spiro atoms. The number of aldehydes is 2. The maximum atomic E-state index is 14.7. The van der Waals surface area contributed by atoms with E-state index in [0.29, 0.717) is 54.2 Å². The number of halogens is 1. The number of fused-ring (bicyclic) bond motifs is 1. The van der Waals surface area contributed by atoms with Crippen molar-refractivity contribution >= 4 is 24.2 Å². The molecular formula is C31H41FN4O3. The SMILES string of the molecule is CC.CN/N=C(/Cc1ccc(F)c(C(=O)N2CC3CCCN(C)C3C2)c1)c1ccccc1C=O.O=CC1CC1. The zero-order valence-corrected chi connectivity index (χ0v) is 23.5. The normalized spacial score (nSPS) is 20.5. The number of nitrogens with zero attached hydrogens (tertiary/aromatic N) is 3. The fraction of sp³-hybridized carbons (Fsp3) is 0.484. The highest BCUT2D eigenvalue weighted by molar-refractivity contribution is 6.07. The molecule has 0 bridgehead atoms. The van der Waals surface area contributed by atoms with Gasteiger partial charge in [-0.3, -0.25) is 9.59 Å². The molecule has 0 aromatic heterocycles. The van der Waals surface area contributed by atoms with Gasteiger partial charge in [-0.25, -0.2) is 4.39 Å². The Labute approximate surface area is 231 Å². The van der Waals surface area contributed by atoms with Crippen LogP contribution in [0.15, 0.2) is 47.6 Å². The molecule has 1 aliphatic carbocycles. The molecule has 1 amide bonds. The zero-order chi connectivity index (χ0) is 28.4. The third-order valence-electron chi connectivity index (χ3n) is 7.44. The smallest absolute Gasteiger partial charge is 0.256 e. The second-order valence-electron chi connectivity index (χ2n) is 10.1. The van der Waals surface area contributed by atoms with E-state index in [4.69, 9.17) is 0 Å². The molecule has 3 fully saturated rings. The lowest BCUT2D eigenvalue weighted by atomic mass is 9.93. The van der Waals surface area contributed by atoms with E-state index < -0.39 is 5.82 Å². The van der Waals surface area contributed by atoms with Crippen molar-refractivity contribution in [2.75, 3.05) is 33.7 Å². The molecular weight excluding hydrogens is 495 g/mol. The minimum absolute atomic E-state index is 0.0938. The van der Waals surface area contributed by atoms with Crippen LogP contribution in [-0.4, -0.2) is 73.8 Å². The number of amides is 1. The molecule has 2 atom stereocenters. The first-order valence-corrected chi connectivity index (χ1v) is 14.0. The molecule has 2 heterocycles. The predicted molar refractivity (Wildman–Crippen MR) is 153 cm³/mol. The number of carbonyl (C=O) groups is 3. The third-order valence-corrected chi connectivity index (χ3v) is 7.44. The van der Waals surface area contributed by atoms with Crippen molar-refractivity contribution in [2.45, 2.75) is 52.0 Å². The first-order valence-electron chi connectivity index (χ1n) is 14.0. The summed E-state index contributed by atoms with van der Waals surface area (Å²) in [5.74, 6) is 0.142. The standard InChI is InChI=1S/C25H29FN4O2.C4H6O.C2H6/c1-27-28-23(20-8-4-3-6-19(20)16-31)13-17-9-10-22(26)21(12-17)25(32)30-14-18-7-5-11-29(2)24(18)15-30;5-3-4-1-2-4;1-2/h3-4,6,8-10,12,16,18,24,27H,5,7,11,13-15H2,1-2H3;3-4H,1-2H2;1-2H3/b28-23-;;. The number of nitrogens with one attached hydrogen (secondary N) is 1. The quantitative estimate of drug-likeness (QED) is 0.318. The molecule has 0 radical (unpaired) electrons. The van der Waals surface area contributed by atoms with Gasteiger partial charge in [-0.2, -0.15) is 5.10 Å². The molecule has 2 aromatic rings. The fourth-order valence-electron chi connectivity index (χ4n) is 5.21. The summed E-state index contributed by atoms with van der Waals surface area (Å²) in [7, 11) is 3.79. The highest BCUT2D eigenvalue weighted by Gasteiger charge is 2.39. The van der Waals surface area contributed by atoms with E-state index in [1.165, 1.54) is 6.07 Å². The number of carbonyl (C=O) groups excluding carboxylic acids is 3. The van der Waals surface area contributed by atoms with Gasteiger partial charge in [-0.15, -0.1) is 0 Å². The van der Waals surface area contributed by atoms with Crippen LogP contribution in [0, 0.1) is 17.7 Å². The summed E-state index contributed by atoms with van der Waals surface area (Å²) in [6, 6.07) is 12.2. The lowest BCUT2D eigenvalue weighted by molar-refractivity contribution is -0.108. The molecule has 2 unspecified atom stereocenters. The largest absolute Gasteiger partial charge is 0.337 e. The van der Waals surface area contributed by atoms with E-state index in [1.807, 2.05) is 26.0 Å². The molecule has 39 heavy (non-hydrogen) atoms. The van der Waals surface area contributed by atoms with E-state index in [9.17, 15) is 18.8 Å². The molecule has 8 heteroatoms. The molecule has 7 nitrogen and oxygen atoms in total. The van der Waals surface area contributed by atoms with Crippen molar-refractivity contribution in [2.24, 2.45) is 16.9 Å². The topological polar surface area (TPSA) is 82.1 Å².